The summed E-state index contributed by atoms with van der Waals surface area (Å²) >= 11 is 0. The maximum absolute atomic E-state index is 14.0. The minimum absolute atomic E-state index is 0.0682. The molecule has 180 valence electrons. The lowest BCUT2D eigenvalue weighted by atomic mass is 9.92. The van der Waals surface area contributed by atoms with Gasteiger partial charge in [0.1, 0.15) is 18.2 Å². The molecule has 0 bridgehead atoms. The number of halogens is 1. The Morgan fingerprint density at radius 1 is 1.03 bits per heavy atom. The van der Waals surface area contributed by atoms with Gasteiger partial charge < -0.3 is 15.5 Å². The third-order valence-corrected chi connectivity index (χ3v) is 5.07. The van der Waals surface area contributed by atoms with Gasteiger partial charge in [-0.25, -0.2) is 13.9 Å². The first-order valence-corrected chi connectivity index (χ1v) is 11.3. The van der Waals surface area contributed by atoms with E-state index in [4.69, 9.17) is 5.10 Å². The summed E-state index contributed by atoms with van der Waals surface area (Å²) in [6, 6.07) is 16.8. The largest absolute Gasteiger partial charge is 0.322 e. The van der Waals surface area contributed by atoms with Crippen LogP contribution in [-0.4, -0.2) is 39.7 Å². The minimum Gasteiger partial charge on any atom is -0.315 e. The molecule has 0 atom stereocenters. The number of para-hydroxylation sites is 2. The molecule has 1 aromatic heterocycles. The van der Waals surface area contributed by atoms with Crippen molar-refractivity contribution >= 4 is 23.4 Å². The second kappa shape index (κ2) is 10.5. The van der Waals surface area contributed by atoms with E-state index in [-0.39, 0.29) is 29.5 Å². The van der Waals surface area contributed by atoms with Crippen LogP contribution in [0.3, 0.4) is 0 Å². The van der Waals surface area contributed by atoms with Gasteiger partial charge in [0.25, 0.3) is 0 Å². The Kier molecular flexibility index (Phi) is 7.71. The average molecular weight is 466 g/mol. The summed E-state index contributed by atoms with van der Waals surface area (Å²) in [5.74, 6) is -0.283. The highest BCUT2D eigenvalue weighted by Crippen LogP contribution is 2.26. The van der Waals surface area contributed by atoms with Crippen molar-refractivity contribution in [2.75, 3.05) is 23.7 Å². The van der Waals surface area contributed by atoms with Crippen molar-refractivity contribution in [3.8, 4) is 5.69 Å². The van der Waals surface area contributed by atoms with Gasteiger partial charge in [0.2, 0.25) is 5.91 Å². The van der Waals surface area contributed by atoms with Crippen LogP contribution in [0, 0.1) is 11.7 Å². The second-order valence-electron chi connectivity index (χ2n) is 9.64. The van der Waals surface area contributed by atoms with Crippen LogP contribution in [0.15, 0.2) is 60.7 Å². The van der Waals surface area contributed by atoms with Crippen molar-refractivity contribution in [1.29, 1.82) is 0 Å². The number of hydrogen-bond donors (Lipinski definition) is 2. The Hall–Kier alpha value is -3.68. The Morgan fingerprint density at radius 2 is 1.68 bits per heavy atom. The van der Waals surface area contributed by atoms with Crippen molar-refractivity contribution in [3.05, 3.63) is 72.2 Å². The summed E-state index contributed by atoms with van der Waals surface area (Å²) in [5.41, 5.74) is 1.48. The van der Waals surface area contributed by atoms with Crippen LogP contribution >= 0.6 is 0 Å². The van der Waals surface area contributed by atoms with Gasteiger partial charge >= 0.3 is 6.03 Å². The van der Waals surface area contributed by atoms with Crippen LogP contribution in [0.25, 0.3) is 5.69 Å². The molecule has 2 aromatic carbocycles. The number of carbonyl (C=O) groups excluding carboxylic acids is 2. The van der Waals surface area contributed by atoms with E-state index in [1.165, 1.54) is 17.0 Å². The quantitative estimate of drug-likeness (QED) is 0.488. The van der Waals surface area contributed by atoms with Crippen molar-refractivity contribution in [3.63, 3.8) is 0 Å². The van der Waals surface area contributed by atoms with Gasteiger partial charge in [-0.1, -0.05) is 65.0 Å². The number of rotatable bonds is 7. The monoisotopic (exact) mass is 465 g/mol. The van der Waals surface area contributed by atoms with Crippen molar-refractivity contribution in [2.45, 2.75) is 40.0 Å². The predicted molar refractivity (Wildman–Crippen MR) is 133 cm³/mol. The van der Waals surface area contributed by atoms with Gasteiger partial charge in [-0.3, -0.25) is 4.79 Å². The molecule has 0 saturated heterocycles. The number of urea groups is 1. The minimum atomic E-state index is -0.541. The molecule has 0 fully saturated rings. The normalized spacial score (nSPS) is 11.4. The fourth-order valence-corrected chi connectivity index (χ4v) is 3.38. The molecule has 7 nitrogen and oxygen atoms in total. The van der Waals surface area contributed by atoms with Crippen LogP contribution in [0.2, 0.25) is 0 Å². The first-order valence-electron chi connectivity index (χ1n) is 11.3. The van der Waals surface area contributed by atoms with E-state index >= 15 is 0 Å². The van der Waals surface area contributed by atoms with Crippen LogP contribution in [-0.2, 0) is 10.2 Å². The summed E-state index contributed by atoms with van der Waals surface area (Å²) in [6.45, 7) is 10.2. The topological polar surface area (TPSA) is 79.3 Å². The zero-order valence-electron chi connectivity index (χ0n) is 20.3. The molecule has 0 spiro atoms. The lowest BCUT2D eigenvalue weighted by Gasteiger charge is -2.24. The van der Waals surface area contributed by atoms with Gasteiger partial charge in [-0.2, -0.15) is 5.10 Å². The smallest absolute Gasteiger partial charge is 0.315 e. The Bertz CT molecular complexity index is 1140. The molecule has 0 aliphatic heterocycles. The van der Waals surface area contributed by atoms with Gasteiger partial charge in [0.15, 0.2) is 0 Å². The molecule has 3 rings (SSSR count). The zero-order chi connectivity index (χ0) is 24.9. The fraction of sp³-hybridized carbons (Fsp3) is 0.346. The number of nitrogens with zero attached hydrogens (tertiary/aromatic N) is 3. The molecule has 0 unspecified atom stereocenters. The SMILES string of the molecule is CC(C)CN(CC(=O)Nc1cc(C(C)(C)C)nn1-c1ccccc1)C(=O)Nc1ccccc1F. The van der Waals surface area contributed by atoms with Crippen LogP contribution in [0.5, 0.6) is 0 Å². The number of benzene rings is 2. The highest BCUT2D eigenvalue weighted by Gasteiger charge is 2.24. The third-order valence-electron chi connectivity index (χ3n) is 5.07. The standard InChI is InChI=1S/C26H32FN5O2/c1-18(2)16-31(25(34)28-21-14-10-9-13-20(21)27)17-24(33)29-23-15-22(26(3,4)5)30-32(23)19-11-7-6-8-12-19/h6-15,18H,16-17H2,1-5H3,(H,28,34)(H,29,33). The average Bonchev–Trinajstić information content (AvgIpc) is 3.19. The summed E-state index contributed by atoms with van der Waals surface area (Å²) in [7, 11) is 0. The van der Waals surface area contributed by atoms with Gasteiger partial charge in [-0.15, -0.1) is 0 Å². The number of aromatic nitrogens is 2. The molecule has 0 aliphatic rings. The number of amides is 3. The second-order valence-corrected chi connectivity index (χ2v) is 9.64. The molecule has 0 radical (unpaired) electrons. The lowest BCUT2D eigenvalue weighted by Crippen LogP contribution is -2.42. The summed E-state index contributed by atoms with van der Waals surface area (Å²) < 4.78 is 15.7. The lowest BCUT2D eigenvalue weighted by molar-refractivity contribution is -0.116. The van der Waals surface area contributed by atoms with E-state index in [0.717, 1.165) is 11.4 Å². The van der Waals surface area contributed by atoms with Crippen molar-refractivity contribution < 1.29 is 14.0 Å². The fourth-order valence-electron chi connectivity index (χ4n) is 3.38. The van der Waals surface area contributed by atoms with E-state index in [1.807, 2.05) is 71.0 Å². The molecule has 0 saturated carbocycles. The molecule has 2 N–H and O–H groups in total. The third kappa shape index (κ3) is 6.43. The zero-order valence-corrected chi connectivity index (χ0v) is 20.3. The van der Waals surface area contributed by atoms with Gasteiger partial charge in [0, 0.05) is 18.0 Å². The van der Waals surface area contributed by atoms with E-state index < -0.39 is 11.8 Å². The number of carbonyl (C=O) groups is 2. The summed E-state index contributed by atoms with van der Waals surface area (Å²) in [4.78, 5) is 27.3. The Labute approximate surface area is 200 Å². The Morgan fingerprint density at radius 3 is 2.29 bits per heavy atom. The predicted octanol–water partition coefficient (Wildman–Crippen LogP) is 5.44. The highest BCUT2D eigenvalue weighted by molar-refractivity contribution is 5.96. The number of anilines is 2. The van der Waals surface area contributed by atoms with Crippen LogP contribution in [0.4, 0.5) is 20.7 Å². The highest BCUT2D eigenvalue weighted by atomic mass is 19.1. The first-order chi connectivity index (χ1) is 16.0. The molecule has 0 aliphatic carbocycles. The summed E-state index contributed by atoms with van der Waals surface area (Å²) in [6.07, 6.45) is 0. The molecular formula is C26H32FN5O2. The van der Waals surface area contributed by atoms with Crippen molar-refractivity contribution in [2.24, 2.45) is 5.92 Å². The molecule has 3 aromatic rings. The molecule has 1 heterocycles. The Balaban J connectivity index is 1.81. The van der Waals surface area contributed by atoms with Crippen LogP contribution in [0.1, 0.15) is 40.3 Å². The van der Waals surface area contributed by atoms with Gasteiger partial charge in [0.05, 0.1) is 17.1 Å². The maximum Gasteiger partial charge on any atom is 0.322 e. The van der Waals surface area contributed by atoms with Gasteiger partial charge in [-0.05, 0) is 30.2 Å². The van der Waals surface area contributed by atoms with E-state index in [9.17, 15) is 14.0 Å². The molecule has 8 heteroatoms. The van der Waals surface area contributed by atoms with Crippen LogP contribution < -0.4 is 10.6 Å². The first kappa shape index (κ1) is 25.0. The van der Waals surface area contributed by atoms with E-state index in [0.29, 0.717) is 12.4 Å². The number of nitrogens with one attached hydrogen (secondary N) is 2. The molecule has 34 heavy (non-hydrogen) atoms. The number of hydrogen-bond acceptors (Lipinski definition) is 3. The van der Waals surface area contributed by atoms with E-state index in [2.05, 4.69) is 10.6 Å². The molecular weight excluding hydrogens is 433 g/mol. The molecule has 3 amide bonds. The van der Waals surface area contributed by atoms with Crippen molar-refractivity contribution in [1.82, 2.24) is 14.7 Å². The maximum atomic E-state index is 14.0. The summed E-state index contributed by atoms with van der Waals surface area (Å²) in [5, 5.41) is 10.2. The van der Waals surface area contributed by atoms with E-state index in [1.54, 1.807) is 16.8 Å².